The molecule has 1 aromatic carbocycles. The molecule has 0 saturated heterocycles. The molecule has 1 atom stereocenters. The van der Waals surface area contributed by atoms with Crippen LogP contribution in [0.2, 0.25) is 0 Å². The molecule has 1 N–H and O–H groups in total. The summed E-state index contributed by atoms with van der Waals surface area (Å²) in [4.78, 5) is 11.7. The molecule has 0 aliphatic carbocycles. The van der Waals surface area contributed by atoms with E-state index in [9.17, 15) is 13.2 Å². The van der Waals surface area contributed by atoms with Gasteiger partial charge in [0.25, 0.3) is 0 Å². The van der Waals surface area contributed by atoms with Crippen molar-refractivity contribution in [2.75, 3.05) is 21.3 Å². The Bertz CT molecular complexity index is 641. The van der Waals surface area contributed by atoms with E-state index in [4.69, 9.17) is 9.47 Å². The van der Waals surface area contributed by atoms with E-state index in [2.05, 4.69) is 9.46 Å². The van der Waals surface area contributed by atoms with E-state index >= 15 is 0 Å². The molecule has 0 heterocycles. The molecule has 0 saturated carbocycles. The van der Waals surface area contributed by atoms with Gasteiger partial charge in [-0.1, -0.05) is 13.8 Å². The Labute approximate surface area is 137 Å². The first kappa shape index (κ1) is 19.2. The number of carbonyl (C=O) groups excluding carboxylic acids is 1. The number of rotatable bonds is 8. The molecule has 7 nitrogen and oxygen atoms in total. The quantitative estimate of drug-likeness (QED) is 0.719. The summed E-state index contributed by atoms with van der Waals surface area (Å²) in [6, 6.07) is 3.44. The first-order valence-corrected chi connectivity index (χ1v) is 8.55. The van der Waals surface area contributed by atoms with Gasteiger partial charge >= 0.3 is 5.97 Å². The van der Waals surface area contributed by atoms with Gasteiger partial charge in [0, 0.05) is 6.07 Å². The van der Waals surface area contributed by atoms with Crippen LogP contribution in [0.1, 0.15) is 20.3 Å². The summed E-state index contributed by atoms with van der Waals surface area (Å²) in [7, 11) is 0.0269. The summed E-state index contributed by atoms with van der Waals surface area (Å²) >= 11 is 0. The van der Waals surface area contributed by atoms with E-state index in [1.54, 1.807) is 6.07 Å². The summed E-state index contributed by atoms with van der Waals surface area (Å²) < 4.78 is 42.5. The van der Waals surface area contributed by atoms with Crippen molar-refractivity contribution in [1.29, 1.82) is 0 Å². The molecule has 23 heavy (non-hydrogen) atoms. The Balaban J connectivity index is 3.21. The van der Waals surface area contributed by atoms with Crippen LogP contribution >= 0.6 is 0 Å². The Kier molecular flexibility index (Phi) is 6.83. The van der Waals surface area contributed by atoms with Crippen LogP contribution < -0.4 is 14.2 Å². The second-order valence-corrected chi connectivity index (χ2v) is 7.03. The van der Waals surface area contributed by atoms with Gasteiger partial charge in [-0.05, 0) is 24.5 Å². The summed E-state index contributed by atoms with van der Waals surface area (Å²) in [5.74, 6) is -0.00532. The lowest BCUT2D eigenvalue weighted by atomic mass is 10.1. The first-order chi connectivity index (χ1) is 10.7. The van der Waals surface area contributed by atoms with Crippen LogP contribution in [0.25, 0.3) is 0 Å². The highest BCUT2D eigenvalue weighted by molar-refractivity contribution is 7.89. The van der Waals surface area contributed by atoms with Crippen molar-refractivity contribution in [3.63, 3.8) is 0 Å². The van der Waals surface area contributed by atoms with Crippen LogP contribution in [0.4, 0.5) is 0 Å². The third-order valence-corrected chi connectivity index (χ3v) is 4.64. The van der Waals surface area contributed by atoms with Gasteiger partial charge in [-0.25, -0.2) is 8.42 Å². The third-order valence-electron chi connectivity index (χ3n) is 3.15. The number of esters is 1. The number of hydrogen-bond donors (Lipinski definition) is 1. The summed E-state index contributed by atoms with van der Waals surface area (Å²) in [5.41, 5.74) is 0. The van der Waals surface area contributed by atoms with Gasteiger partial charge in [-0.15, -0.1) is 0 Å². The van der Waals surface area contributed by atoms with Crippen molar-refractivity contribution in [3.8, 4) is 11.5 Å². The maximum absolute atomic E-state index is 12.6. The van der Waals surface area contributed by atoms with E-state index in [1.165, 1.54) is 33.5 Å². The second-order valence-electron chi connectivity index (χ2n) is 5.34. The van der Waals surface area contributed by atoms with Crippen molar-refractivity contribution < 1.29 is 27.4 Å². The molecule has 0 radical (unpaired) electrons. The lowest BCUT2D eigenvalue weighted by Gasteiger charge is -2.19. The topological polar surface area (TPSA) is 90.9 Å². The fraction of sp³-hybridized carbons (Fsp3) is 0.533. The fourth-order valence-electron chi connectivity index (χ4n) is 2.05. The monoisotopic (exact) mass is 345 g/mol. The van der Waals surface area contributed by atoms with E-state index in [0.717, 1.165) is 0 Å². The number of methoxy groups -OCH3 is 3. The summed E-state index contributed by atoms with van der Waals surface area (Å²) in [5, 5.41) is 0. The minimum Gasteiger partial charge on any atom is -0.497 e. The van der Waals surface area contributed by atoms with E-state index in [-0.39, 0.29) is 16.6 Å². The van der Waals surface area contributed by atoms with Gasteiger partial charge in [0.2, 0.25) is 10.0 Å². The molecule has 0 fully saturated rings. The Hall–Kier alpha value is -1.80. The Morgan fingerprint density at radius 2 is 1.83 bits per heavy atom. The Morgan fingerprint density at radius 1 is 1.17 bits per heavy atom. The molecule has 0 aliphatic heterocycles. The van der Waals surface area contributed by atoms with E-state index in [0.29, 0.717) is 12.2 Å². The smallest absolute Gasteiger partial charge is 0.323 e. The minimum atomic E-state index is -3.99. The molecule has 1 rings (SSSR count). The average molecular weight is 345 g/mol. The maximum Gasteiger partial charge on any atom is 0.323 e. The highest BCUT2D eigenvalue weighted by Gasteiger charge is 2.29. The zero-order valence-corrected chi connectivity index (χ0v) is 14.8. The second kappa shape index (κ2) is 8.16. The van der Waals surface area contributed by atoms with Gasteiger partial charge in [-0.2, -0.15) is 4.72 Å². The van der Waals surface area contributed by atoms with Crippen LogP contribution in [0.5, 0.6) is 11.5 Å². The van der Waals surface area contributed by atoms with Crippen molar-refractivity contribution >= 4 is 16.0 Å². The van der Waals surface area contributed by atoms with Gasteiger partial charge in [0.1, 0.15) is 22.4 Å². The van der Waals surface area contributed by atoms with Crippen molar-refractivity contribution in [3.05, 3.63) is 18.2 Å². The molecular weight excluding hydrogens is 322 g/mol. The van der Waals surface area contributed by atoms with Gasteiger partial charge in [0.15, 0.2) is 0 Å². The van der Waals surface area contributed by atoms with Crippen LogP contribution in [-0.2, 0) is 19.6 Å². The highest BCUT2D eigenvalue weighted by atomic mass is 32.2. The molecule has 0 aliphatic rings. The normalized spacial score (nSPS) is 12.8. The molecule has 8 heteroatoms. The van der Waals surface area contributed by atoms with Gasteiger partial charge in [-0.3, -0.25) is 4.79 Å². The number of benzene rings is 1. The van der Waals surface area contributed by atoms with Gasteiger partial charge < -0.3 is 14.2 Å². The fourth-order valence-corrected chi connectivity index (χ4v) is 3.43. The van der Waals surface area contributed by atoms with Crippen LogP contribution in [0.15, 0.2) is 23.1 Å². The Morgan fingerprint density at radius 3 is 2.30 bits per heavy atom. The zero-order valence-electron chi connectivity index (χ0n) is 14.0. The molecule has 130 valence electrons. The predicted octanol–water partition coefficient (Wildman–Crippen LogP) is 1.57. The SMILES string of the molecule is COC(=O)[C@@H](CC(C)C)NS(=O)(=O)c1cc(OC)ccc1OC. The summed E-state index contributed by atoms with van der Waals surface area (Å²) in [6.45, 7) is 3.77. The minimum absolute atomic E-state index is 0.1000. The number of carbonyl (C=O) groups is 1. The molecule has 0 unspecified atom stereocenters. The van der Waals surface area contributed by atoms with Gasteiger partial charge in [0.05, 0.1) is 21.3 Å². The van der Waals surface area contributed by atoms with Crippen LogP contribution in [-0.4, -0.2) is 41.8 Å². The maximum atomic E-state index is 12.6. The molecule has 0 spiro atoms. The molecular formula is C15H23NO6S. The lowest BCUT2D eigenvalue weighted by molar-refractivity contribution is -0.143. The number of sulfonamides is 1. The molecule has 1 aromatic rings. The zero-order chi connectivity index (χ0) is 17.6. The van der Waals surface area contributed by atoms with Crippen molar-refractivity contribution in [2.45, 2.75) is 31.2 Å². The average Bonchev–Trinajstić information content (AvgIpc) is 2.52. The van der Waals surface area contributed by atoms with Crippen LogP contribution in [0.3, 0.4) is 0 Å². The predicted molar refractivity (Wildman–Crippen MR) is 85.1 cm³/mol. The van der Waals surface area contributed by atoms with E-state index in [1.807, 2.05) is 13.8 Å². The van der Waals surface area contributed by atoms with Crippen LogP contribution in [0, 0.1) is 5.92 Å². The number of hydrogen-bond acceptors (Lipinski definition) is 6. The number of ether oxygens (including phenoxy) is 3. The molecule has 0 amide bonds. The number of nitrogens with one attached hydrogen (secondary N) is 1. The van der Waals surface area contributed by atoms with Crippen molar-refractivity contribution in [2.24, 2.45) is 5.92 Å². The molecule has 0 aromatic heterocycles. The standard InChI is InChI=1S/C15H23NO6S/c1-10(2)8-12(15(17)22-5)16-23(18,19)14-9-11(20-3)6-7-13(14)21-4/h6-7,9-10,12,16H,8H2,1-5H3/t12-/m1/s1. The first-order valence-electron chi connectivity index (χ1n) is 7.07. The largest absolute Gasteiger partial charge is 0.497 e. The summed E-state index contributed by atoms with van der Waals surface area (Å²) in [6.07, 6.45) is 0.318. The third kappa shape index (κ3) is 5.11. The lowest BCUT2D eigenvalue weighted by Crippen LogP contribution is -2.42. The van der Waals surface area contributed by atoms with E-state index < -0.39 is 22.0 Å². The highest BCUT2D eigenvalue weighted by Crippen LogP contribution is 2.28. The molecule has 0 bridgehead atoms. The van der Waals surface area contributed by atoms with Crippen molar-refractivity contribution in [1.82, 2.24) is 4.72 Å².